The fourth-order valence-corrected chi connectivity index (χ4v) is 1.89. The molecular formula is C8H7ClF2IN. The number of rotatable bonds is 2. The minimum Gasteiger partial charge on any atom is -0.245 e. The molecule has 0 spiro atoms. The summed E-state index contributed by atoms with van der Waals surface area (Å²) in [6, 6.07) is 1.44. The standard InChI is InChI=1S/C8H7ClF2IN/c1-4-2-5(7(10)11)8(12)13-6(4)3-9/h2,7H,3H2,1H3. The quantitative estimate of drug-likeness (QED) is 0.461. The Morgan fingerprint density at radius 3 is 2.69 bits per heavy atom. The minimum absolute atomic E-state index is 0.0213. The zero-order valence-electron chi connectivity index (χ0n) is 6.82. The van der Waals surface area contributed by atoms with E-state index in [1.54, 1.807) is 29.5 Å². The lowest BCUT2D eigenvalue weighted by atomic mass is 10.2. The van der Waals surface area contributed by atoms with Gasteiger partial charge >= 0.3 is 0 Å². The van der Waals surface area contributed by atoms with Crippen LogP contribution >= 0.6 is 34.2 Å². The van der Waals surface area contributed by atoms with Gasteiger partial charge in [-0.05, 0) is 41.1 Å². The van der Waals surface area contributed by atoms with E-state index >= 15 is 0 Å². The Morgan fingerprint density at radius 1 is 1.62 bits per heavy atom. The summed E-state index contributed by atoms with van der Waals surface area (Å²) < 4.78 is 25.1. The molecule has 0 saturated carbocycles. The van der Waals surface area contributed by atoms with E-state index in [1.807, 2.05) is 0 Å². The molecule has 0 N–H and O–H groups in total. The predicted octanol–water partition coefficient (Wildman–Crippen LogP) is 3.67. The number of nitrogens with zero attached hydrogens (tertiary/aromatic N) is 1. The molecule has 1 aromatic rings. The van der Waals surface area contributed by atoms with E-state index in [-0.39, 0.29) is 11.4 Å². The van der Waals surface area contributed by atoms with Gasteiger partial charge in [-0.2, -0.15) is 0 Å². The van der Waals surface area contributed by atoms with E-state index in [1.165, 1.54) is 6.07 Å². The molecule has 0 saturated heterocycles. The molecule has 0 bridgehead atoms. The highest BCUT2D eigenvalue weighted by atomic mass is 127. The fraction of sp³-hybridized carbons (Fsp3) is 0.375. The van der Waals surface area contributed by atoms with Crippen molar-refractivity contribution in [2.45, 2.75) is 19.2 Å². The van der Waals surface area contributed by atoms with Gasteiger partial charge in [0.05, 0.1) is 11.6 Å². The number of hydrogen-bond donors (Lipinski definition) is 0. The van der Waals surface area contributed by atoms with E-state index in [0.717, 1.165) is 0 Å². The van der Waals surface area contributed by atoms with Crippen molar-refractivity contribution in [1.82, 2.24) is 4.98 Å². The minimum atomic E-state index is -2.47. The molecule has 1 nitrogen and oxygen atoms in total. The molecule has 0 aliphatic carbocycles. The maximum atomic E-state index is 12.4. The van der Waals surface area contributed by atoms with Crippen molar-refractivity contribution in [1.29, 1.82) is 0 Å². The van der Waals surface area contributed by atoms with Crippen molar-refractivity contribution in [3.8, 4) is 0 Å². The van der Waals surface area contributed by atoms with Crippen LogP contribution < -0.4 is 0 Å². The lowest BCUT2D eigenvalue weighted by molar-refractivity contribution is 0.149. The smallest absolute Gasteiger partial charge is 0.245 e. The first-order valence-electron chi connectivity index (χ1n) is 3.56. The molecule has 0 aliphatic rings. The molecule has 0 fully saturated rings. The number of aryl methyl sites for hydroxylation is 1. The summed E-state index contributed by atoms with van der Waals surface area (Å²) >= 11 is 7.37. The van der Waals surface area contributed by atoms with Crippen molar-refractivity contribution >= 4 is 34.2 Å². The highest BCUT2D eigenvalue weighted by Gasteiger charge is 2.14. The Bertz CT molecular complexity index is 317. The average molecular weight is 318 g/mol. The first kappa shape index (κ1) is 11.1. The number of hydrogen-bond acceptors (Lipinski definition) is 1. The molecule has 0 unspecified atom stereocenters. The van der Waals surface area contributed by atoms with Gasteiger partial charge in [0.1, 0.15) is 3.70 Å². The highest BCUT2D eigenvalue weighted by Crippen LogP contribution is 2.25. The van der Waals surface area contributed by atoms with Crippen LogP contribution in [0.15, 0.2) is 6.07 Å². The van der Waals surface area contributed by atoms with Crippen molar-refractivity contribution in [2.75, 3.05) is 0 Å². The van der Waals surface area contributed by atoms with Gasteiger partial charge in [-0.3, -0.25) is 0 Å². The van der Waals surface area contributed by atoms with Crippen LogP contribution in [0.3, 0.4) is 0 Å². The molecule has 72 valence electrons. The molecule has 1 heterocycles. The van der Waals surface area contributed by atoms with Gasteiger partial charge < -0.3 is 0 Å². The number of halogens is 4. The fourth-order valence-electron chi connectivity index (χ4n) is 0.936. The molecule has 0 aromatic carbocycles. The predicted molar refractivity (Wildman–Crippen MR) is 56.2 cm³/mol. The molecule has 0 aliphatic heterocycles. The third kappa shape index (κ3) is 2.49. The van der Waals surface area contributed by atoms with Gasteiger partial charge in [0, 0.05) is 5.56 Å². The summed E-state index contributed by atoms with van der Waals surface area (Å²) in [6.45, 7) is 1.73. The monoisotopic (exact) mass is 317 g/mol. The number of alkyl halides is 3. The van der Waals surface area contributed by atoms with Gasteiger partial charge in [-0.15, -0.1) is 11.6 Å². The summed E-state index contributed by atoms with van der Waals surface area (Å²) in [5, 5.41) is 0. The van der Waals surface area contributed by atoms with E-state index < -0.39 is 6.43 Å². The largest absolute Gasteiger partial charge is 0.266 e. The SMILES string of the molecule is Cc1cc(C(F)F)c(I)nc1CCl. The Morgan fingerprint density at radius 2 is 2.23 bits per heavy atom. The molecule has 1 rings (SSSR count). The van der Waals surface area contributed by atoms with Crippen LogP contribution in [0.1, 0.15) is 23.2 Å². The summed E-state index contributed by atoms with van der Waals surface area (Å²) in [6.07, 6.45) is -2.47. The average Bonchev–Trinajstić information content (AvgIpc) is 2.07. The molecule has 0 radical (unpaired) electrons. The van der Waals surface area contributed by atoms with Crippen molar-refractivity contribution < 1.29 is 8.78 Å². The van der Waals surface area contributed by atoms with E-state index in [4.69, 9.17) is 11.6 Å². The maximum absolute atomic E-state index is 12.4. The zero-order chi connectivity index (χ0) is 10.0. The molecular weight excluding hydrogens is 310 g/mol. The summed E-state index contributed by atoms with van der Waals surface area (Å²) in [5.74, 6) is 0.255. The van der Waals surface area contributed by atoms with Crippen LogP contribution in [0.4, 0.5) is 8.78 Å². The summed E-state index contributed by atoms with van der Waals surface area (Å²) in [7, 11) is 0. The van der Waals surface area contributed by atoms with Gasteiger partial charge in [0.25, 0.3) is 6.43 Å². The third-order valence-corrected chi connectivity index (χ3v) is 2.78. The van der Waals surface area contributed by atoms with Gasteiger partial charge in [0.15, 0.2) is 0 Å². The van der Waals surface area contributed by atoms with E-state index in [0.29, 0.717) is 15.0 Å². The summed E-state index contributed by atoms with van der Waals surface area (Å²) in [5.41, 5.74) is 1.35. The van der Waals surface area contributed by atoms with E-state index in [9.17, 15) is 8.78 Å². The van der Waals surface area contributed by atoms with Crippen molar-refractivity contribution in [2.24, 2.45) is 0 Å². The molecule has 0 amide bonds. The Hall–Kier alpha value is 0.0300. The molecule has 5 heteroatoms. The van der Waals surface area contributed by atoms with Crippen LogP contribution in [0.25, 0.3) is 0 Å². The second kappa shape index (κ2) is 4.50. The Labute approximate surface area is 93.6 Å². The Kier molecular flexibility index (Phi) is 3.85. The molecule has 13 heavy (non-hydrogen) atoms. The number of pyridine rings is 1. The van der Waals surface area contributed by atoms with Gasteiger partial charge in [-0.1, -0.05) is 0 Å². The zero-order valence-corrected chi connectivity index (χ0v) is 9.73. The summed E-state index contributed by atoms with van der Waals surface area (Å²) in [4.78, 5) is 3.99. The van der Waals surface area contributed by atoms with Crippen LogP contribution in [0.2, 0.25) is 0 Å². The number of aromatic nitrogens is 1. The van der Waals surface area contributed by atoms with Gasteiger partial charge in [-0.25, -0.2) is 13.8 Å². The van der Waals surface area contributed by atoms with Crippen molar-refractivity contribution in [3.05, 3.63) is 26.6 Å². The maximum Gasteiger partial charge on any atom is 0.266 e. The lowest BCUT2D eigenvalue weighted by Gasteiger charge is -2.07. The second-order valence-electron chi connectivity index (χ2n) is 2.57. The van der Waals surface area contributed by atoms with Crippen LogP contribution in [-0.2, 0) is 5.88 Å². The van der Waals surface area contributed by atoms with Crippen LogP contribution in [0.5, 0.6) is 0 Å². The van der Waals surface area contributed by atoms with Crippen LogP contribution in [0, 0.1) is 10.6 Å². The first-order valence-corrected chi connectivity index (χ1v) is 5.17. The topological polar surface area (TPSA) is 12.9 Å². The lowest BCUT2D eigenvalue weighted by Crippen LogP contribution is -1.99. The first-order chi connectivity index (χ1) is 6.06. The van der Waals surface area contributed by atoms with Gasteiger partial charge in [0.2, 0.25) is 0 Å². The molecule has 1 aromatic heterocycles. The molecule has 0 atom stereocenters. The highest BCUT2D eigenvalue weighted by molar-refractivity contribution is 14.1. The third-order valence-electron chi connectivity index (χ3n) is 1.66. The van der Waals surface area contributed by atoms with Crippen LogP contribution in [-0.4, -0.2) is 4.98 Å². The van der Waals surface area contributed by atoms with Crippen molar-refractivity contribution in [3.63, 3.8) is 0 Å². The van der Waals surface area contributed by atoms with E-state index in [2.05, 4.69) is 4.98 Å². The second-order valence-corrected chi connectivity index (χ2v) is 3.86. The normalized spacial score (nSPS) is 10.9. The Balaban J connectivity index is 3.20.